The second-order valence-corrected chi connectivity index (χ2v) is 8.89. The first-order chi connectivity index (χ1) is 16.9. The third kappa shape index (κ3) is 6.03. The van der Waals surface area contributed by atoms with E-state index >= 15 is 0 Å². The number of aromatic carboxylic acids is 2. The molecule has 3 N–H and O–H groups in total. The maximum atomic E-state index is 11.5. The van der Waals surface area contributed by atoms with E-state index in [1.165, 1.54) is 24.3 Å². The Bertz CT molecular complexity index is 1360. The van der Waals surface area contributed by atoms with E-state index in [4.69, 9.17) is 14.9 Å². The number of anilines is 1. The zero-order valence-corrected chi connectivity index (χ0v) is 19.8. The van der Waals surface area contributed by atoms with Gasteiger partial charge in [-0.1, -0.05) is 24.3 Å². The topological polar surface area (TPSA) is 156 Å². The monoisotopic (exact) mass is 492 g/mol. The molecule has 1 aliphatic carbocycles. The van der Waals surface area contributed by atoms with Gasteiger partial charge in [0.25, 0.3) is 5.69 Å². The molecule has 10 nitrogen and oxygen atoms in total. The maximum Gasteiger partial charge on any atom is 0.412 e. The van der Waals surface area contributed by atoms with Crippen molar-refractivity contribution in [1.82, 2.24) is 0 Å². The minimum atomic E-state index is -1.10. The van der Waals surface area contributed by atoms with Crippen LogP contribution in [-0.2, 0) is 11.2 Å². The highest BCUT2D eigenvalue weighted by Gasteiger charge is 2.25. The van der Waals surface area contributed by atoms with E-state index in [1.54, 1.807) is 51.1 Å². The first-order valence-corrected chi connectivity index (χ1v) is 10.8. The summed E-state index contributed by atoms with van der Waals surface area (Å²) in [6.45, 7) is 5.20. The summed E-state index contributed by atoms with van der Waals surface area (Å²) in [7, 11) is 0. The molecule has 0 unspecified atom stereocenters. The summed E-state index contributed by atoms with van der Waals surface area (Å²) >= 11 is 0. The number of carbonyl (C=O) groups is 3. The first-order valence-electron chi connectivity index (χ1n) is 10.8. The molecule has 4 rings (SSSR count). The SMILES string of the molecule is CC(C)(C)OC(=O)Nc1ccccc1C(=O)O.O=C(O)c1cccc2c1Cc1cc([N+](=O)[O-])ccc1-2. The van der Waals surface area contributed by atoms with Gasteiger partial charge < -0.3 is 14.9 Å². The van der Waals surface area contributed by atoms with Crippen LogP contribution in [0.1, 0.15) is 52.6 Å². The Morgan fingerprint density at radius 2 is 1.56 bits per heavy atom. The molecule has 3 aromatic carbocycles. The number of nitro benzene ring substituents is 1. The number of nitro groups is 1. The molecule has 0 atom stereocenters. The number of fused-ring (bicyclic) bond motifs is 3. The van der Waals surface area contributed by atoms with Gasteiger partial charge in [-0.05, 0) is 73.7 Å². The number of hydrogen-bond acceptors (Lipinski definition) is 6. The molecular weight excluding hydrogens is 468 g/mol. The van der Waals surface area contributed by atoms with Crippen molar-refractivity contribution >= 4 is 29.4 Å². The molecule has 186 valence electrons. The Hall–Kier alpha value is -4.73. The van der Waals surface area contributed by atoms with E-state index in [2.05, 4.69) is 5.32 Å². The molecule has 3 aromatic rings. The predicted molar refractivity (Wildman–Crippen MR) is 132 cm³/mol. The summed E-state index contributed by atoms with van der Waals surface area (Å²) in [6, 6.07) is 15.9. The smallest absolute Gasteiger partial charge is 0.412 e. The summed E-state index contributed by atoms with van der Waals surface area (Å²) in [5.74, 6) is -2.07. The van der Waals surface area contributed by atoms with Gasteiger partial charge in [-0.25, -0.2) is 14.4 Å². The first kappa shape index (κ1) is 25.9. The van der Waals surface area contributed by atoms with Crippen molar-refractivity contribution in [2.75, 3.05) is 5.32 Å². The summed E-state index contributed by atoms with van der Waals surface area (Å²) < 4.78 is 5.03. The number of ether oxygens (including phenoxy) is 1. The number of carbonyl (C=O) groups excluding carboxylic acids is 1. The number of carboxylic acids is 2. The standard InChI is InChI=1S/C14H9NO4.C12H15NO4/c16-14(17)12-3-1-2-11-10-5-4-9(15(18)19)6-8(10)7-13(11)12;1-12(2,3)17-11(16)13-9-7-5-4-6-8(9)10(14)15/h1-6H,7H2,(H,16,17);4-7H,1-3H3,(H,13,16)(H,14,15). The van der Waals surface area contributed by atoms with E-state index in [1.807, 2.05) is 6.07 Å². The van der Waals surface area contributed by atoms with Crippen LogP contribution in [0.2, 0.25) is 0 Å². The Morgan fingerprint density at radius 3 is 2.17 bits per heavy atom. The van der Waals surface area contributed by atoms with Gasteiger partial charge in [0.15, 0.2) is 0 Å². The Morgan fingerprint density at radius 1 is 0.917 bits per heavy atom. The van der Waals surface area contributed by atoms with Crippen LogP contribution in [0, 0.1) is 10.1 Å². The minimum Gasteiger partial charge on any atom is -0.478 e. The molecule has 10 heteroatoms. The van der Waals surface area contributed by atoms with Crippen molar-refractivity contribution in [2.45, 2.75) is 32.8 Å². The predicted octanol–water partition coefficient (Wildman–Crippen LogP) is 5.60. The number of nitrogens with zero attached hydrogens (tertiary/aromatic N) is 1. The van der Waals surface area contributed by atoms with Crippen molar-refractivity contribution < 1.29 is 34.3 Å². The second kappa shape index (κ2) is 10.3. The van der Waals surface area contributed by atoms with Crippen LogP contribution in [-0.4, -0.2) is 38.8 Å². The Labute approximate surface area is 206 Å². The van der Waals surface area contributed by atoms with Crippen molar-refractivity contribution in [1.29, 1.82) is 0 Å². The third-order valence-electron chi connectivity index (χ3n) is 5.16. The Kier molecular flexibility index (Phi) is 7.38. The number of nitrogens with one attached hydrogen (secondary N) is 1. The fourth-order valence-corrected chi connectivity index (χ4v) is 3.72. The number of rotatable bonds is 4. The van der Waals surface area contributed by atoms with Gasteiger partial charge in [0.1, 0.15) is 5.60 Å². The molecule has 0 saturated carbocycles. The van der Waals surface area contributed by atoms with Gasteiger partial charge in [-0.2, -0.15) is 0 Å². The number of carboxylic acid groups (broad SMARTS) is 2. The van der Waals surface area contributed by atoms with E-state index in [-0.39, 0.29) is 22.5 Å². The normalized spacial score (nSPS) is 11.3. The van der Waals surface area contributed by atoms with Gasteiger partial charge in [-0.3, -0.25) is 15.4 Å². The molecular formula is C26H24N2O8. The van der Waals surface area contributed by atoms with E-state index in [0.29, 0.717) is 6.42 Å². The molecule has 0 saturated heterocycles. The molecule has 0 fully saturated rings. The number of non-ortho nitro benzene ring substituents is 1. The molecule has 36 heavy (non-hydrogen) atoms. The van der Waals surface area contributed by atoms with Gasteiger partial charge in [0.2, 0.25) is 0 Å². The van der Waals surface area contributed by atoms with Crippen molar-refractivity contribution in [3.63, 3.8) is 0 Å². The summed E-state index contributed by atoms with van der Waals surface area (Å²) in [5, 5.41) is 31.2. The highest BCUT2D eigenvalue weighted by atomic mass is 16.6. The van der Waals surface area contributed by atoms with Crippen LogP contribution in [0.5, 0.6) is 0 Å². The molecule has 0 aromatic heterocycles. The van der Waals surface area contributed by atoms with Crippen LogP contribution in [0.4, 0.5) is 16.2 Å². The number of amides is 1. The van der Waals surface area contributed by atoms with Crippen molar-refractivity contribution in [3.8, 4) is 11.1 Å². The summed E-state index contributed by atoms with van der Waals surface area (Å²) in [6.07, 6.45) is -0.249. The molecule has 0 radical (unpaired) electrons. The highest BCUT2D eigenvalue weighted by molar-refractivity contribution is 5.98. The average Bonchev–Trinajstić information content (AvgIpc) is 3.16. The van der Waals surface area contributed by atoms with Crippen LogP contribution in [0.15, 0.2) is 60.7 Å². The Balaban J connectivity index is 0.000000202. The highest BCUT2D eigenvalue weighted by Crippen LogP contribution is 2.39. The lowest BCUT2D eigenvalue weighted by atomic mass is 10.0. The molecule has 1 amide bonds. The zero-order chi connectivity index (χ0) is 26.6. The molecule has 0 spiro atoms. The lowest BCUT2D eigenvalue weighted by molar-refractivity contribution is -0.384. The summed E-state index contributed by atoms with van der Waals surface area (Å²) in [5.41, 5.74) is 3.17. The fraction of sp³-hybridized carbons (Fsp3) is 0.192. The quantitative estimate of drug-likeness (QED) is 0.246. The number of para-hydroxylation sites is 1. The average molecular weight is 492 g/mol. The summed E-state index contributed by atoms with van der Waals surface area (Å²) in [4.78, 5) is 43.9. The van der Waals surface area contributed by atoms with E-state index in [0.717, 1.165) is 22.3 Å². The van der Waals surface area contributed by atoms with Crippen LogP contribution in [0.25, 0.3) is 11.1 Å². The molecule has 0 heterocycles. The van der Waals surface area contributed by atoms with Crippen LogP contribution in [0.3, 0.4) is 0 Å². The largest absolute Gasteiger partial charge is 0.478 e. The van der Waals surface area contributed by atoms with Gasteiger partial charge in [0, 0.05) is 12.1 Å². The maximum absolute atomic E-state index is 11.5. The van der Waals surface area contributed by atoms with E-state index in [9.17, 15) is 24.5 Å². The van der Waals surface area contributed by atoms with Gasteiger partial charge in [-0.15, -0.1) is 0 Å². The van der Waals surface area contributed by atoms with Crippen molar-refractivity contribution in [2.24, 2.45) is 0 Å². The van der Waals surface area contributed by atoms with Crippen LogP contribution >= 0.6 is 0 Å². The zero-order valence-electron chi connectivity index (χ0n) is 19.8. The molecule has 0 bridgehead atoms. The fourth-order valence-electron chi connectivity index (χ4n) is 3.72. The van der Waals surface area contributed by atoms with Crippen molar-refractivity contribution in [3.05, 3.63) is 93.0 Å². The van der Waals surface area contributed by atoms with Crippen LogP contribution < -0.4 is 5.32 Å². The lowest BCUT2D eigenvalue weighted by Crippen LogP contribution is -2.27. The third-order valence-corrected chi connectivity index (χ3v) is 5.16. The number of hydrogen-bond donors (Lipinski definition) is 3. The second-order valence-electron chi connectivity index (χ2n) is 8.89. The molecule has 1 aliphatic rings. The minimum absolute atomic E-state index is 0.0263. The lowest BCUT2D eigenvalue weighted by Gasteiger charge is -2.20. The van der Waals surface area contributed by atoms with Gasteiger partial charge >= 0.3 is 18.0 Å². The molecule has 0 aliphatic heterocycles. The van der Waals surface area contributed by atoms with E-state index < -0.39 is 28.6 Å². The number of benzene rings is 3. The van der Waals surface area contributed by atoms with Gasteiger partial charge in [0.05, 0.1) is 21.7 Å².